The van der Waals surface area contributed by atoms with E-state index < -0.39 is 0 Å². The minimum absolute atomic E-state index is 0.590. The topological polar surface area (TPSA) is 48.5 Å². The van der Waals surface area contributed by atoms with Crippen molar-refractivity contribution in [3.63, 3.8) is 0 Å². The molecule has 0 fully saturated rings. The van der Waals surface area contributed by atoms with Crippen LogP contribution < -0.4 is 0 Å². The summed E-state index contributed by atoms with van der Waals surface area (Å²) < 4.78 is 4.57. The Balaban J connectivity index is 1.17. The Bertz CT molecular complexity index is 2900. The van der Waals surface area contributed by atoms with E-state index in [0.29, 0.717) is 17.6 Å². The molecule has 0 aliphatic carbocycles. The molecule has 0 aliphatic rings. The molecule has 0 atom stereocenters. The summed E-state index contributed by atoms with van der Waals surface area (Å²) >= 11 is 0. The third kappa shape index (κ3) is 4.89. The average Bonchev–Trinajstić information content (AvgIpc) is 3.70. The summed E-state index contributed by atoms with van der Waals surface area (Å²) in [7, 11) is 0. The van der Waals surface area contributed by atoms with E-state index >= 15 is 0 Å². The van der Waals surface area contributed by atoms with Crippen LogP contribution in [-0.4, -0.2) is 24.1 Å². The molecular weight excluding hydrogens is 635 g/mol. The third-order valence-corrected chi connectivity index (χ3v) is 10.0. The summed E-state index contributed by atoms with van der Waals surface area (Å²) in [5.41, 5.74) is 12.4. The summed E-state index contributed by atoms with van der Waals surface area (Å²) in [6.45, 7) is 4.33. The van der Waals surface area contributed by atoms with Gasteiger partial charge in [-0.3, -0.25) is 4.57 Å². The van der Waals surface area contributed by atoms with Gasteiger partial charge in [-0.2, -0.15) is 9.97 Å². The number of fused-ring (bicyclic) bond motifs is 6. The summed E-state index contributed by atoms with van der Waals surface area (Å²) in [4.78, 5) is 15.1. The van der Waals surface area contributed by atoms with Gasteiger partial charge in [0, 0.05) is 38.4 Å². The van der Waals surface area contributed by atoms with E-state index in [0.717, 1.165) is 38.5 Å². The lowest BCUT2D eigenvalue weighted by Crippen LogP contribution is -2.06. The van der Waals surface area contributed by atoms with Crippen LogP contribution in [0.2, 0.25) is 0 Å². The van der Waals surface area contributed by atoms with Crippen molar-refractivity contribution >= 4 is 43.6 Å². The van der Waals surface area contributed by atoms with Crippen LogP contribution in [0.5, 0.6) is 0 Å². The van der Waals surface area contributed by atoms with Gasteiger partial charge < -0.3 is 4.57 Å². The fraction of sp³-hybridized carbons (Fsp3) is 0.0426. The van der Waals surface area contributed by atoms with Gasteiger partial charge in [-0.05, 0) is 84.6 Å². The second-order valence-corrected chi connectivity index (χ2v) is 13.5. The molecule has 0 N–H and O–H groups in total. The van der Waals surface area contributed by atoms with Crippen LogP contribution >= 0.6 is 0 Å². The smallest absolute Gasteiger partial charge is 0.238 e. The lowest BCUT2D eigenvalue weighted by molar-refractivity contribution is 0.953. The fourth-order valence-electron chi connectivity index (χ4n) is 7.78. The molecule has 0 saturated heterocycles. The van der Waals surface area contributed by atoms with Crippen LogP contribution in [0.15, 0.2) is 164 Å². The first-order valence-corrected chi connectivity index (χ1v) is 17.6. The number of aromatic nitrogens is 5. The minimum Gasteiger partial charge on any atom is -0.309 e. The van der Waals surface area contributed by atoms with Gasteiger partial charge in [0.2, 0.25) is 5.95 Å². The highest BCUT2D eigenvalue weighted by Crippen LogP contribution is 2.38. The second kappa shape index (κ2) is 11.9. The van der Waals surface area contributed by atoms with Gasteiger partial charge in [0.15, 0.2) is 11.6 Å². The maximum Gasteiger partial charge on any atom is 0.238 e. The Labute approximate surface area is 301 Å². The van der Waals surface area contributed by atoms with Crippen molar-refractivity contribution in [2.75, 3.05) is 0 Å². The van der Waals surface area contributed by atoms with E-state index in [9.17, 15) is 0 Å². The van der Waals surface area contributed by atoms with E-state index in [1.165, 1.54) is 44.2 Å². The number of aryl methyl sites for hydroxylation is 2. The molecule has 0 aliphatic heterocycles. The molecule has 5 nitrogen and oxygen atoms in total. The average molecular weight is 668 g/mol. The van der Waals surface area contributed by atoms with Crippen molar-refractivity contribution in [1.29, 1.82) is 0 Å². The normalized spacial score (nSPS) is 11.7. The molecule has 0 saturated carbocycles. The van der Waals surface area contributed by atoms with Gasteiger partial charge in [-0.15, -0.1) is 0 Å². The van der Waals surface area contributed by atoms with Gasteiger partial charge in [0.05, 0.1) is 22.1 Å². The van der Waals surface area contributed by atoms with Crippen LogP contribution in [0.4, 0.5) is 0 Å². The summed E-state index contributed by atoms with van der Waals surface area (Å²) in [5.74, 6) is 1.87. The van der Waals surface area contributed by atoms with Crippen LogP contribution in [-0.2, 0) is 0 Å². The Morgan fingerprint density at radius 1 is 0.346 bits per heavy atom. The van der Waals surface area contributed by atoms with E-state index in [1.807, 2.05) is 60.7 Å². The molecule has 0 radical (unpaired) electrons. The van der Waals surface area contributed by atoms with Gasteiger partial charge in [-0.25, -0.2) is 4.98 Å². The lowest BCUT2D eigenvalue weighted by Gasteiger charge is -2.11. The largest absolute Gasteiger partial charge is 0.309 e. The number of hydrogen-bond donors (Lipinski definition) is 0. The summed E-state index contributed by atoms with van der Waals surface area (Å²) in [6.07, 6.45) is 0. The molecule has 3 aromatic heterocycles. The van der Waals surface area contributed by atoms with Gasteiger partial charge in [0.25, 0.3) is 0 Å². The molecule has 10 aromatic rings. The SMILES string of the molecule is Cc1cc(C)cc(-n2c3ccccc3c3cc(-c4ccc5c(c4)c4ccccc4n5-c4nc(-c5ccccc5)nc(-c5ccccc5)n4)ccc32)c1. The van der Waals surface area contributed by atoms with Gasteiger partial charge in [0.1, 0.15) is 0 Å². The zero-order valence-corrected chi connectivity index (χ0v) is 28.8. The van der Waals surface area contributed by atoms with Crippen LogP contribution in [0, 0.1) is 13.8 Å². The highest BCUT2D eigenvalue weighted by Gasteiger charge is 2.19. The minimum atomic E-state index is 0.590. The molecule has 0 amide bonds. The number of rotatable bonds is 5. The molecule has 10 rings (SSSR count). The van der Waals surface area contributed by atoms with E-state index in [-0.39, 0.29) is 0 Å². The van der Waals surface area contributed by atoms with Crippen molar-refractivity contribution in [3.8, 4) is 45.5 Å². The number of para-hydroxylation sites is 2. The van der Waals surface area contributed by atoms with Gasteiger partial charge >= 0.3 is 0 Å². The van der Waals surface area contributed by atoms with Gasteiger partial charge in [-0.1, -0.05) is 115 Å². The highest BCUT2D eigenvalue weighted by molar-refractivity contribution is 6.12. The van der Waals surface area contributed by atoms with E-state index in [4.69, 9.17) is 15.0 Å². The highest BCUT2D eigenvalue weighted by atomic mass is 15.2. The molecule has 3 heterocycles. The van der Waals surface area contributed by atoms with Crippen molar-refractivity contribution < 1.29 is 0 Å². The summed E-state index contributed by atoms with van der Waals surface area (Å²) in [6, 6.07) is 57.9. The summed E-state index contributed by atoms with van der Waals surface area (Å²) in [5, 5.41) is 4.78. The molecule has 0 unspecified atom stereocenters. The molecule has 0 spiro atoms. The molecule has 7 aromatic carbocycles. The first kappa shape index (κ1) is 30.0. The maximum absolute atomic E-state index is 5.09. The lowest BCUT2D eigenvalue weighted by atomic mass is 10.0. The number of benzene rings is 7. The second-order valence-electron chi connectivity index (χ2n) is 13.5. The molecule has 52 heavy (non-hydrogen) atoms. The zero-order valence-electron chi connectivity index (χ0n) is 28.8. The Morgan fingerprint density at radius 2 is 0.788 bits per heavy atom. The zero-order chi connectivity index (χ0) is 34.8. The standard InChI is InChI=1S/C47H33N5/c1-30-25-31(2)27-36(26-30)51-41-19-11-9-17-37(41)39-28-34(21-23-43(39)51)35-22-24-44-40(29-35)38-18-10-12-20-42(38)52(44)47-49-45(32-13-5-3-6-14-32)48-46(50-47)33-15-7-4-8-16-33/h3-29H,1-2H3. The number of hydrogen-bond acceptors (Lipinski definition) is 3. The first-order valence-electron chi connectivity index (χ1n) is 17.6. The predicted octanol–water partition coefficient (Wildman–Crippen LogP) is 11.7. The molecule has 5 heteroatoms. The van der Waals surface area contributed by atoms with E-state index in [2.05, 4.69) is 126 Å². The van der Waals surface area contributed by atoms with Crippen molar-refractivity contribution in [3.05, 3.63) is 175 Å². The Morgan fingerprint density at radius 3 is 1.33 bits per heavy atom. The van der Waals surface area contributed by atoms with E-state index in [1.54, 1.807) is 0 Å². The first-order chi connectivity index (χ1) is 25.6. The van der Waals surface area contributed by atoms with Crippen LogP contribution in [0.25, 0.3) is 89.2 Å². The van der Waals surface area contributed by atoms with Crippen molar-refractivity contribution in [2.45, 2.75) is 13.8 Å². The fourth-order valence-corrected chi connectivity index (χ4v) is 7.78. The van der Waals surface area contributed by atoms with Crippen LogP contribution in [0.1, 0.15) is 11.1 Å². The monoisotopic (exact) mass is 667 g/mol. The Kier molecular flexibility index (Phi) is 6.86. The maximum atomic E-state index is 5.09. The molecule has 0 bridgehead atoms. The quantitative estimate of drug-likeness (QED) is 0.184. The molecule has 246 valence electrons. The van der Waals surface area contributed by atoms with Crippen molar-refractivity contribution in [2.24, 2.45) is 0 Å². The molecular formula is C47H33N5. The predicted molar refractivity (Wildman–Crippen MR) is 214 cm³/mol. The van der Waals surface area contributed by atoms with Crippen LogP contribution in [0.3, 0.4) is 0 Å². The van der Waals surface area contributed by atoms with Crippen molar-refractivity contribution in [1.82, 2.24) is 24.1 Å². The number of nitrogens with zero attached hydrogens (tertiary/aromatic N) is 5. The third-order valence-electron chi connectivity index (χ3n) is 10.0. The Hall–Kier alpha value is -6.85.